The summed E-state index contributed by atoms with van der Waals surface area (Å²) in [7, 11) is -0.865. The fourth-order valence-electron chi connectivity index (χ4n) is 6.65. The second-order valence-corrected chi connectivity index (χ2v) is 14.4. The highest BCUT2D eigenvalue weighted by Gasteiger charge is 2.60. The van der Waals surface area contributed by atoms with E-state index < -0.39 is 42.3 Å². The number of rotatable bonds is 17. The molecule has 5 N–H and O–H groups in total. The van der Waals surface area contributed by atoms with Crippen molar-refractivity contribution < 1.29 is 28.5 Å². The normalized spacial score (nSPS) is 19.8. The van der Waals surface area contributed by atoms with Crippen LogP contribution in [0.4, 0.5) is 0 Å². The number of hydrogen-bond acceptors (Lipinski definition) is 9. The summed E-state index contributed by atoms with van der Waals surface area (Å²) in [6.07, 6.45) is 6.13. The monoisotopic (exact) mass is 732 g/mol. The molecule has 5 atom stereocenters. The maximum atomic E-state index is 14.2. The molecule has 4 aromatic rings. The van der Waals surface area contributed by atoms with Gasteiger partial charge < -0.3 is 35.8 Å². The molecule has 1 aliphatic rings. The Kier molecular flexibility index (Phi) is 13.5. The van der Waals surface area contributed by atoms with Crippen LogP contribution < -0.4 is 21.7 Å². The topological polar surface area (TPSA) is 175 Å². The van der Waals surface area contributed by atoms with Crippen LogP contribution in [0.1, 0.15) is 79.7 Å². The van der Waals surface area contributed by atoms with Crippen LogP contribution in [0.5, 0.6) is 0 Å². The lowest BCUT2D eigenvalue weighted by atomic mass is 9.73. The number of carbonyl (C=O) groups is 4. The molecule has 1 aliphatic heterocycles. The highest BCUT2D eigenvalue weighted by molar-refractivity contribution is 6.48. The Balaban J connectivity index is 1.40. The second-order valence-electron chi connectivity index (χ2n) is 14.4. The Morgan fingerprint density at radius 2 is 1.48 bits per heavy atom. The van der Waals surface area contributed by atoms with Crippen molar-refractivity contribution in [3.8, 4) is 0 Å². The summed E-state index contributed by atoms with van der Waals surface area (Å²) in [6.45, 7) is 8.42. The Hall–Kier alpha value is -5.24. The van der Waals surface area contributed by atoms with Crippen molar-refractivity contribution in [2.24, 2.45) is 11.7 Å². The first kappa shape index (κ1) is 40.0. The Morgan fingerprint density at radius 3 is 2.07 bits per heavy atom. The van der Waals surface area contributed by atoms with Crippen molar-refractivity contribution in [3.63, 3.8) is 0 Å². The Bertz CT molecular complexity index is 1850. The molecule has 5 rings (SSSR count). The third kappa shape index (κ3) is 9.84. The van der Waals surface area contributed by atoms with Crippen LogP contribution in [-0.2, 0) is 47.9 Å². The van der Waals surface area contributed by atoms with Crippen molar-refractivity contribution >= 4 is 31.1 Å². The minimum atomic E-state index is -1.02. The lowest BCUT2D eigenvalue weighted by Gasteiger charge is -2.40. The molecule has 1 aromatic heterocycles. The highest BCUT2D eigenvalue weighted by Crippen LogP contribution is 2.52. The molecule has 12 nitrogen and oxygen atoms in total. The number of aromatic nitrogens is 2. The second kappa shape index (κ2) is 18.2. The number of carbonyl (C=O) groups excluding carboxylic acids is 4. The maximum Gasteiger partial charge on any atom is 0.482 e. The predicted octanol–water partition coefficient (Wildman–Crippen LogP) is 4.18. The first-order chi connectivity index (χ1) is 25.9. The quantitative estimate of drug-likeness (QED) is 0.0918. The van der Waals surface area contributed by atoms with Gasteiger partial charge in [-0.15, -0.1) is 0 Å². The van der Waals surface area contributed by atoms with Gasteiger partial charge in [0.2, 0.25) is 11.8 Å². The summed E-state index contributed by atoms with van der Waals surface area (Å²) in [6, 6.07) is 25.5. The number of nitrogens with one attached hydrogen (secondary N) is 3. The number of amides is 3. The zero-order valence-electron chi connectivity index (χ0n) is 31.2. The molecule has 54 heavy (non-hydrogen) atoms. The van der Waals surface area contributed by atoms with Crippen molar-refractivity contribution in [2.75, 3.05) is 0 Å². The van der Waals surface area contributed by atoms with Gasteiger partial charge in [0, 0.05) is 31.8 Å². The van der Waals surface area contributed by atoms with Crippen molar-refractivity contribution in [1.29, 1.82) is 0 Å². The lowest BCUT2D eigenvalue weighted by Crippen LogP contribution is -2.55. The van der Waals surface area contributed by atoms with E-state index >= 15 is 0 Å². The highest BCUT2D eigenvalue weighted by atomic mass is 16.7. The molecule has 1 saturated heterocycles. The molecule has 3 amide bonds. The molecule has 0 aliphatic carbocycles. The van der Waals surface area contributed by atoms with E-state index in [2.05, 4.69) is 39.8 Å². The average Bonchev–Trinajstić information content (AvgIpc) is 3.48. The molecule has 3 aromatic carbocycles. The molecule has 0 saturated carbocycles. The third-order valence-corrected chi connectivity index (χ3v) is 9.89. The van der Waals surface area contributed by atoms with E-state index in [1.807, 2.05) is 98.8 Å². The number of hydrogen-bond donors (Lipinski definition) is 4. The first-order valence-corrected chi connectivity index (χ1v) is 18.3. The van der Waals surface area contributed by atoms with Crippen LogP contribution in [0, 0.1) is 5.92 Å². The van der Waals surface area contributed by atoms with E-state index in [4.69, 9.17) is 15.0 Å². The van der Waals surface area contributed by atoms with Gasteiger partial charge in [-0.2, -0.15) is 0 Å². The summed E-state index contributed by atoms with van der Waals surface area (Å²) in [5.74, 6) is -1.52. The van der Waals surface area contributed by atoms with Crippen LogP contribution >= 0.6 is 0 Å². The van der Waals surface area contributed by atoms with E-state index in [9.17, 15) is 19.2 Å². The molecule has 0 bridgehead atoms. The van der Waals surface area contributed by atoms with Gasteiger partial charge in [-0.25, -0.2) is 4.98 Å². The summed E-state index contributed by atoms with van der Waals surface area (Å²) in [5.41, 5.74) is 7.21. The van der Waals surface area contributed by atoms with Crippen LogP contribution in [0.2, 0.25) is 0 Å². The molecule has 2 heterocycles. The van der Waals surface area contributed by atoms with Gasteiger partial charge in [0.1, 0.15) is 29.2 Å². The van der Waals surface area contributed by atoms with Crippen LogP contribution in [-0.4, -0.2) is 59.1 Å². The first-order valence-electron chi connectivity index (χ1n) is 18.3. The molecule has 0 spiro atoms. The summed E-state index contributed by atoms with van der Waals surface area (Å²) < 4.78 is 13.9. The van der Waals surface area contributed by atoms with Gasteiger partial charge in [-0.3, -0.25) is 19.4 Å². The van der Waals surface area contributed by atoms with Gasteiger partial charge in [0.15, 0.2) is 0 Å². The van der Waals surface area contributed by atoms with Gasteiger partial charge in [-0.1, -0.05) is 98.8 Å². The number of nitrogens with zero attached hydrogens (tertiary/aromatic N) is 2. The molecule has 0 radical (unpaired) electrons. The van der Waals surface area contributed by atoms with Crippen LogP contribution in [0.15, 0.2) is 104 Å². The van der Waals surface area contributed by atoms with Crippen molar-refractivity contribution in [3.05, 3.63) is 131 Å². The molecular formula is C41H49BN6O6. The zero-order valence-corrected chi connectivity index (χ0v) is 31.2. The van der Waals surface area contributed by atoms with Crippen LogP contribution in [0.3, 0.4) is 0 Å². The fourth-order valence-corrected chi connectivity index (χ4v) is 6.65. The van der Waals surface area contributed by atoms with Gasteiger partial charge in [0.25, 0.3) is 5.91 Å². The fraction of sp³-hybridized carbons (Fsp3) is 0.366. The lowest BCUT2D eigenvalue weighted by molar-refractivity contribution is -0.123. The van der Waals surface area contributed by atoms with E-state index in [0.29, 0.717) is 19.3 Å². The molecule has 5 unspecified atom stereocenters. The van der Waals surface area contributed by atoms with Gasteiger partial charge >= 0.3 is 7.12 Å². The largest absolute Gasteiger partial charge is 0.482 e. The Morgan fingerprint density at radius 1 is 0.852 bits per heavy atom. The SMILES string of the molecule is CC(C)CC(NC(=O)C(Cc1ccccc1)NC(=O)c1cnccn1)B1OC(C)(c2ccccc2)C(C)(c2ccc(CNC(=O)CCC(N)C=O)cc2)O1. The zero-order chi connectivity index (χ0) is 38.7. The third-order valence-electron chi connectivity index (χ3n) is 9.89. The number of nitrogens with two attached hydrogens (primary N) is 1. The molecular weight excluding hydrogens is 683 g/mol. The van der Waals surface area contributed by atoms with E-state index in [-0.39, 0.29) is 42.7 Å². The molecule has 1 fully saturated rings. The predicted molar refractivity (Wildman–Crippen MR) is 205 cm³/mol. The van der Waals surface area contributed by atoms with Crippen molar-refractivity contribution in [1.82, 2.24) is 25.9 Å². The molecule has 282 valence electrons. The van der Waals surface area contributed by atoms with Crippen LogP contribution in [0.25, 0.3) is 0 Å². The van der Waals surface area contributed by atoms with Gasteiger partial charge in [-0.05, 0) is 54.9 Å². The maximum absolute atomic E-state index is 14.2. The van der Waals surface area contributed by atoms with E-state index in [1.54, 1.807) is 0 Å². The average molecular weight is 733 g/mol. The number of benzene rings is 3. The minimum absolute atomic E-state index is 0.103. The summed E-state index contributed by atoms with van der Waals surface area (Å²) in [4.78, 5) is 58.7. The summed E-state index contributed by atoms with van der Waals surface area (Å²) >= 11 is 0. The summed E-state index contributed by atoms with van der Waals surface area (Å²) in [5, 5.41) is 8.95. The van der Waals surface area contributed by atoms with E-state index in [0.717, 1.165) is 22.3 Å². The number of aldehydes is 1. The van der Waals surface area contributed by atoms with Gasteiger partial charge in [0.05, 0.1) is 18.2 Å². The van der Waals surface area contributed by atoms with Crippen molar-refractivity contribution in [2.45, 2.75) is 89.1 Å². The van der Waals surface area contributed by atoms with E-state index in [1.165, 1.54) is 18.6 Å². The minimum Gasteiger partial charge on any atom is -0.397 e. The smallest absolute Gasteiger partial charge is 0.397 e. The Labute approximate surface area is 317 Å². The molecule has 13 heteroatoms. The standard InChI is InChI=1S/C41H49BN6O6/c1-28(2)23-36(48-38(51)34(24-29-11-7-5-8-12-29)47-39(52)35-26-44-21-22-45-35)42-53-40(3,31-13-9-6-10-14-31)41(4,54-42)32-17-15-30(16-18-32)25-46-37(50)20-19-33(43)27-49/h5-18,21-22,26-28,33-34,36H,19-20,23-25,43H2,1-4H3,(H,46,50)(H,47,52)(H,48,51).